The zero-order valence-corrected chi connectivity index (χ0v) is 8.56. The van der Waals surface area contributed by atoms with Crippen LogP contribution in [0.3, 0.4) is 0 Å². The minimum atomic E-state index is -1.69. The van der Waals surface area contributed by atoms with Crippen LogP contribution in [0.4, 0.5) is 0 Å². The smallest absolute Gasteiger partial charge is 0.334 e. The molecule has 0 spiro atoms. The standard InChI is InChI=1S/C8H18O2Si/c1-3-9-11(2)8-6-4-5-7-10-11/h3-8H2,1-2H3. The number of hydrogen-bond donors (Lipinski definition) is 0. The van der Waals surface area contributed by atoms with Gasteiger partial charge in [0.25, 0.3) is 0 Å². The van der Waals surface area contributed by atoms with Crippen molar-refractivity contribution in [3.8, 4) is 0 Å². The van der Waals surface area contributed by atoms with Crippen molar-refractivity contribution in [1.29, 1.82) is 0 Å². The maximum absolute atomic E-state index is 5.75. The first kappa shape index (κ1) is 9.23. The lowest BCUT2D eigenvalue weighted by Gasteiger charge is -2.23. The van der Waals surface area contributed by atoms with Gasteiger partial charge in [0.1, 0.15) is 0 Å². The Balaban J connectivity index is 2.38. The summed E-state index contributed by atoms with van der Waals surface area (Å²) in [7, 11) is -1.69. The van der Waals surface area contributed by atoms with Gasteiger partial charge in [0.05, 0.1) is 0 Å². The molecule has 0 aromatic rings. The highest BCUT2D eigenvalue weighted by atomic mass is 28.4. The van der Waals surface area contributed by atoms with Crippen LogP contribution in [-0.4, -0.2) is 21.8 Å². The zero-order chi connectivity index (χ0) is 8.16. The van der Waals surface area contributed by atoms with Crippen molar-refractivity contribution in [1.82, 2.24) is 0 Å². The predicted octanol–water partition coefficient (Wildman–Crippen LogP) is 2.30. The van der Waals surface area contributed by atoms with Crippen LogP contribution in [0, 0.1) is 0 Å². The molecule has 0 bridgehead atoms. The van der Waals surface area contributed by atoms with Gasteiger partial charge in [-0.25, -0.2) is 0 Å². The van der Waals surface area contributed by atoms with Crippen molar-refractivity contribution in [2.45, 2.75) is 38.8 Å². The molecule has 1 saturated heterocycles. The second-order valence-electron chi connectivity index (χ2n) is 3.23. The molecule has 0 amide bonds. The van der Waals surface area contributed by atoms with Crippen molar-refractivity contribution in [3.63, 3.8) is 0 Å². The Morgan fingerprint density at radius 2 is 2.18 bits per heavy atom. The third-order valence-corrected chi connectivity index (χ3v) is 5.11. The summed E-state index contributed by atoms with van der Waals surface area (Å²) < 4.78 is 11.4. The van der Waals surface area contributed by atoms with Gasteiger partial charge in [-0.05, 0) is 25.9 Å². The molecule has 0 radical (unpaired) electrons. The Morgan fingerprint density at radius 1 is 1.36 bits per heavy atom. The van der Waals surface area contributed by atoms with E-state index in [4.69, 9.17) is 8.85 Å². The van der Waals surface area contributed by atoms with Gasteiger partial charge in [0, 0.05) is 13.2 Å². The Labute approximate surface area is 70.1 Å². The molecule has 0 saturated carbocycles. The Hall–Kier alpha value is 0.137. The molecule has 1 unspecified atom stereocenters. The maximum Gasteiger partial charge on any atom is 0.334 e. The first-order valence-corrected chi connectivity index (χ1v) is 7.07. The molecule has 11 heavy (non-hydrogen) atoms. The van der Waals surface area contributed by atoms with E-state index in [0.717, 1.165) is 13.2 Å². The molecule has 1 aliphatic rings. The van der Waals surface area contributed by atoms with Crippen molar-refractivity contribution in [2.24, 2.45) is 0 Å². The van der Waals surface area contributed by atoms with E-state index in [1.54, 1.807) is 0 Å². The van der Waals surface area contributed by atoms with Gasteiger partial charge in [-0.15, -0.1) is 0 Å². The molecule has 1 atom stereocenters. The summed E-state index contributed by atoms with van der Waals surface area (Å²) in [6.45, 7) is 5.96. The van der Waals surface area contributed by atoms with Crippen LogP contribution >= 0.6 is 0 Å². The van der Waals surface area contributed by atoms with Gasteiger partial charge in [-0.2, -0.15) is 0 Å². The summed E-state index contributed by atoms with van der Waals surface area (Å²) >= 11 is 0. The normalized spacial score (nSPS) is 33.3. The Morgan fingerprint density at radius 3 is 2.91 bits per heavy atom. The lowest BCUT2D eigenvalue weighted by Crippen LogP contribution is -2.37. The van der Waals surface area contributed by atoms with Crippen molar-refractivity contribution < 1.29 is 8.85 Å². The summed E-state index contributed by atoms with van der Waals surface area (Å²) in [5, 5.41) is 0. The van der Waals surface area contributed by atoms with Gasteiger partial charge in [0.15, 0.2) is 0 Å². The molecule has 2 nitrogen and oxygen atoms in total. The lowest BCUT2D eigenvalue weighted by atomic mass is 10.3. The molecule has 0 aliphatic carbocycles. The summed E-state index contributed by atoms with van der Waals surface area (Å²) in [6.07, 6.45) is 3.83. The van der Waals surface area contributed by atoms with Crippen LogP contribution in [0.1, 0.15) is 26.2 Å². The summed E-state index contributed by atoms with van der Waals surface area (Å²) in [6, 6.07) is 1.18. The molecular weight excluding hydrogens is 156 g/mol. The largest absolute Gasteiger partial charge is 0.395 e. The Bertz CT molecular complexity index is 109. The van der Waals surface area contributed by atoms with E-state index in [9.17, 15) is 0 Å². The van der Waals surface area contributed by atoms with Crippen molar-refractivity contribution in [3.05, 3.63) is 0 Å². The third-order valence-electron chi connectivity index (χ3n) is 2.13. The van der Waals surface area contributed by atoms with Crippen LogP contribution in [-0.2, 0) is 8.85 Å². The molecule has 3 heteroatoms. The molecule has 66 valence electrons. The van der Waals surface area contributed by atoms with Gasteiger partial charge in [0.2, 0.25) is 0 Å². The van der Waals surface area contributed by atoms with E-state index in [0.29, 0.717) is 0 Å². The maximum atomic E-state index is 5.75. The highest BCUT2D eigenvalue weighted by molar-refractivity contribution is 6.66. The molecule has 1 rings (SSSR count). The average Bonchev–Trinajstić information content (AvgIpc) is 2.15. The second-order valence-corrected chi connectivity index (χ2v) is 6.57. The summed E-state index contributed by atoms with van der Waals surface area (Å²) in [4.78, 5) is 0. The molecule has 1 aliphatic heterocycles. The molecule has 0 N–H and O–H groups in total. The lowest BCUT2D eigenvalue weighted by molar-refractivity contribution is 0.186. The number of rotatable bonds is 2. The topological polar surface area (TPSA) is 18.5 Å². The van der Waals surface area contributed by atoms with Gasteiger partial charge in [-0.1, -0.05) is 12.8 Å². The van der Waals surface area contributed by atoms with E-state index in [1.165, 1.54) is 25.3 Å². The monoisotopic (exact) mass is 174 g/mol. The van der Waals surface area contributed by atoms with Crippen LogP contribution in [0.15, 0.2) is 0 Å². The van der Waals surface area contributed by atoms with Gasteiger partial charge >= 0.3 is 8.56 Å². The molecule has 0 aromatic heterocycles. The molecule has 1 fully saturated rings. The summed E-state index contributed by atoms with van der Waals surface area (Å²) in [5.41, 5.74) is 0. The minimum Gasteiger partial charge on any atom is -0.395 e. The van der Waals surface area contributed by atoms with E-state index in [2.05, 4.69) is 6.55 Å². The fourth-order valence-corrected chi connectivity index (χ4v) is 3.96. The van der Waals surface area contributed by atoms with E-state index < -0.39 is 8.56 Å². The zero-order valence-electron chi connectivity index (χ0n) is 7.56. The first-order chi connectivity index (χ1) is 5.27. The SMILES string of the molecule is CCO[Si]1(C)CCCCCO1. The van der Waals surface area contributed by atoms with Crippen LogP contribution in [0.2, 0.25) is 12.6 Å². The average molecular weight is 174 g/mol. The van der Waals surface area contributed by atoms with Crippen LogP contribution < -0.4 is 0 Å². The molecule has 0 aromatic carbocycles. The quantitative estimate of drug-likeness (QED) is 0.598. The molecular formula is C8H18O2Si. The van der Waals surface area contributed by atoms with E-state index in [1.807, 2.05) is 6.92 Å². The van der Waals surface area contributed by atoms with E-state index in [-0.39, 0.29) is 0 Å². The highest BCUT2D eigenvalue weighted by Gasteiger charge is 2.31. The second kappa shape index (κ2) is 4.23. The first-order valence-electron chi connectivity index (χ1n) is 4.55. The molecule has 1 heterocycles. The Kier molecular flexibility index (Phi) is 3.55. The van der Waals surface area contributed by atoms with Crippen molar-refractivity contribution >= 4 is 8.56 Å². The fraction of sp³-hybridized carbons (Fsp3) is 1.00. The minimum absolute atomic E-state index is 0.808. The third kappa shape index (κ3) is 2.93. The highest BCUT2D eigenvalue weighted by Crippen LogP contribution is 2.21. The number of hydrogen-bond acceptors (Lipinski definition) is 2. The fourth-order valence-electron chi connectivity index (χ4n) is 1.50. The van der Waals surface area contributed by atoms with Crippen molar-refractivity contribution in [2.75, 3.05) is 13.2 Å². The van der Waals surface area contributed by atoms with Crippen LogP contribution in [0.5, 0.6) is 0 Å². The van der Waals surface area contributed by atoms with Gasteiger partial charge < -0.3 is 8.85 Å². The van der Waals surface area contributed by atoms with Gasteiger partial charge in [-0.3, -0.25) is 0 Å². The van der Waals surface area contributed by atoms with Crippen LogP contribution in [0.25, 0.3) is 0 Å². The predicted molar refractivity (Wildman–Crippen MR) is 47.9 cm³/mol. The van der Waals surface area contributed by atoms with E-state index >= 15 is 0 Å². The summed E-state index contributed by atoms with van der Waals surface area (Å²) in [5.74, 6) is 0.